The first-order valence-corrected chi connectivity index (χ1v) is 8.84. The Balaban J connectivity index is 2.00. The molecule has 1 amide bonds. The molecule has 0 radical (unpaired) electrons. The van der Waals surface area contributed by atoms with Gasteiger partial charge in [0.25, 0.3) is 5.91 Å². The fraction of sp³-hybridized carbons (Fsp3) is 0.176. The van der Waals surface area contributed by atoms with Crippen molar-refractivity contribution in [3.63, 3.8) is 0 Å². The first-order valence-electron chi connectivity index (χ1n) is 7.25. The summed E-state index contributed by atoms with van der Waals surface area (Å²) in [6, 6.07) is 10.2. The lowest BCUT2D eigenvalue weighted by molar-refractivity contribution is 0.0955. The zero-order valence-electron chi connectivity index (χ0n) is 12.9. The molecule has 0 fully saturated rings. The Morgan fingerprint density at radius 3 is 2.67 bits per heavy atom. The zero-order valence-corrected chi connectivity index (χ0v) is 16.1. The summed E-state index contributed by atoms with van der Waals surface area (Å²) in [5, 5.41) is 13.8. The molecule has 0 unspecified atom stereocenters. The van der Waals surface area contributed by atoms with Crippen molar-refractivity contribution in [3.05, 3.63) is 56.5 Å². The molecular weight excluding hydrogens is 440 g/mol. The van der Waals surface area contributed by atoms with Gasteiger partial charge in [0, 0.05) is 15.6 Å². The molecule has 2 aromatic rings. The molecule has 24 heavy (non-hydrogen) atoms. The number of hydrogen-bond acceptors (Lipinski definition) is 4. The van der Waals surface area contributed by atoms with Crippen LogP contribution in [0.25, 0.3) is 0 Å². The van der Waals surface area contributed by atoms with E-state index in [1.807, 2.05) is 6.92 Å². The molecule has 2 rings (SSSR count). The normalized spacial score (nSPS) is 10.8. The largest absolute Gasteiger partial charge is 0.506 e. The molecule has 7 heteroatoms. The van der Waals surface area contributed by atoms with E-state index in [2.05, 4.69) is 42.4 Å². The highest BCUT2D eigenvalue weighted by atomic mass is 79.9. The van der Waals surface area contributed by atoms with E-state index in [0.29, 0.717) is 22.2 Å². The summed E-state index contributed by atoms with van der Waals surface area (Å²) in [5.41, 5.74) is 3.36. The Morgan fingerprint density at radius 1 is 1.29 bits per heavy atom. The number of nitrogens with zero attached hydrogens (tertiary/aromatic N) is 1. The molecule has 0 saturated carbocycles. The molecule has 0 bridgehead atoms. The van der Waals surface area contributed by atoms with Crippen molar-refractivity contribution in [2.75, 3.05) is 6.61 Å². The number of phenolic OH excluding ortho intramolecular Hbond substituents is 1. The van der Waals surface area contributed by atoms with Crippen LogP contribution in [0.3, 0.4) is 0 Å². The molecular formula is C17H16Br2N2O3. The van der Waals surface area contributed by atoms with E-state index < -0.39 is 0 Å². The van der Waals surface area contributed by atoms with Gasteiger partial charge in [0.05, 0.1) is 17.3 Å². The molecule has 0 saturated heterocycles. The van der Waals surface area contributed by atoms with Crippen molar-refractivity contribution in [1.82, 2.24) is 5.43 Å². The molecule has 0 aromatic heterocycles. The summed E-state index contributed by atoms with van der Waals surface area (Å²) < 4.78 is 6.78. The number of halogens is 2. The fourth-order valence-corrected chi connectivity index (χ4v) is 3.09. The number of nitrogens with one attached hydrogen (secondary N) is 1. The number of phenols is 1. The number of hydrogen-bond donors (Lipinski definition) is 2. The maximum Gasteiger partial charge on any atom is 0.271 e. The molecule has 5 nitrogen and oxygen atoms in total. The summed E-state index contributed by atoms with van der Waals surface area (Å²) >= 11 is 6.57. The number of rotatable bonds is 6. The lowest BCUT2D eigenvalue weighted by Gasteiger charge is -2.05. The van der Waals surface area contributed by atoms with Crippen molar-refractivity contribution in [3.8, 4) is 11.5 Å². The van der Waals surface area contributed by atoms with E-state index in [4.69, 9.17) is 4.74 Å². The van der Waals surface area contributed by atoms with Crippen LogP contribution in [-0.4, -0.2) is 23.8 Å². The van der Waals surface area contributed by atoms with Gasteiger partial charge in [-0.1, -0.05) is 22.9 Å². The van der Waals surface area contributed by atoms with Crippen molar-refractivity contribution >= 4 is 44.0 Å². The van der Waals surface area contributed by atoms with Gasteiger partial charge in [-0.2, -0.15) is 5.10 Å². The van der Waals surface area contributed by atoms with Crippen LogP contribution in [0.1, 0.15) is 29.3 Å². The number of benzene rings is 2. The molecule has 2 N–H and O–H groups in total. The van der Waals surface area contributed by atoms with Crippen LogP contribution in [0.15, 0.2) is 50.4 Å². The van der Waals surface area contributed by atoms with Crippen LogP contribution in [0, 0.1) is 0 Å². The number of hydrazone groups is 1. The minimum absolute atomic E-state index is 0.0497. The van der Waals surface area contributed by atoms with Crippen LogP contribution in [-0.2, 0) is 0 Å². The summed E-state index contributed by atoms with van der Waals surface area (Å²) in [6.07, 6.45) is 2.30. The van der Waals surface area contributed by atoms with Crippen LogP contribution in [0.5, 0.6) is 11.5 Å². The van der Waals surface area contributed by atoms with Gasteiger partial charge in [0.1, 0.15) is 11.5 Å². The monoisotopic (exact) mass is 454 g/mol. The Labute approximate surface area is 157 Å². The highest BCUT2D eigenvalue weighted by molar-refractivity contribution is 9.11. The number of carbonyl (C=O) groups is 1. The Bertz CT molecular complexity index is 746. The second-order valence-electron chi connectivity index (χ2n) is 4.90. The van der Waals surface area contributed by atoms with E-state index in [9.17, 15) is 9.90 Å². The highest BCUT2D eigenvalue weighted by Gasteiger charge is 2.07. The first kappa shape index (κ1) is 18.5. The standard InChI is InChI=1S/C17H16Br2N2O3/c1-2-7-24-14-5-3-11(4-6-14)17(23)21-20-10-12-8-13(18)9-15(19)16(12)22/h3-6,8-10,22H,2,7H2,1H3,(H,21,23)/b20-10-. The van der Waals surface area contributed by atoms with Gasteiger partial charge in [-0.25, -0.2) is 5.43 Å². The number of ether oxygens (including phenoxy) is 1. The quantitative estimate of drug-likeness (QED) is 0.498. The summed E-state index contributed by atoms with van der Waals surface area (Å²) in [6.45, 7) is 2.67. The second-order valence-corrected chi connectivity index (χ2v) is 6.67. The summed E-state index contributed by atoms with van der Waals surface area (Å²) in [7, 11) is 0. The van der Waals surface area contributed by atoms with Crippen LogP contribution >= 0.6 is 31.9 Å². The average Bonchev–Trinajstić information content (AvgIpc) is 2.57. The molecule has 0 aliphatic rings. The summed E-state index contributed by atoms with van der Waals surface area (Å²) in [5.74, 6) is 0.427. The lowest BCUT2D eigenvalue weighted by atomic mass is 10.2. The molecule has 0 spiro atoms. The van der Waals surface area contributed by atoms with Gasteiger partial charge in [0.2, 0.25) is 0 Å². The third-order valence-electron chi connectivity index (χ3n) is 3.02. The topological polar surface area (TPSA) is 70.9 Å². The zero-order chi connectivity index (χ0) is 17.5. The molecule has 0 aliphatic carbocycles. The van der Waals surface area contributed by atoms with Crippen LogP contribution < -0.4 is 10.2 Å². The first-order chi connectivity index (χ1) is 11.5. The molecule has 126 valence electrons. The van der Waals surface area contributed by atoms with Gasteiger partial charge in [0.15, 0.2) is 0 Å². The predicted molar refractivity (Wildman–Crippen MR) is 101 cm³/mol. The molecule has 2 aromatic carbocycles. The van der Waals surface area contributed by atoms with E-state index in [1.165, 1.54) is 6.21 Å². The Hall–Kier alpha value is -1.86. The maximum atomic E-state index is 12.0. The van der Waals surface area contributed by atoms with Crippen molar-refractivity contribution in [1.29, 1.82) is 0 Å². The van der Waals surface area contributed by atoms with E-state index in [-0.39, 0.29) is 11.7 Å². The Morgan fingerprint density at radius 2 is 2.00 bits per heavy atom. The van der Waals surface area contributed by atoms with Crippen molar-refractivity contribution in [2.24, 2.45) is 5.10 Å². The van der Waals surface area contributed by atoms with Crippen LogP contribution in [0.4, 0.5) is 0 Å². The Kier molecular flexibility index (Phi) is 6.81. The fourth-order valence-electron chi connectivity index (χ4n) is 1.83. The van der Waals surface area contributed by atoms with E-state index >= 15 is 0 Å². The van der Waals surface area contributed by atoms with Gasteiger partial charge < -0.3 is 9.84 Å². The van der Waals surface area contributed by atoms with Gasteiger partial charge in [-0.05, 0) is 58.7 Å². The van der Waals surface area contributed by atoms with E-state index in [0.717, 1.165) is 16.6 Å². The van der Waals surface area contributed by atoms with Gasteiger partial charge in [-0.3, -0.25) is 4.79 Å². The average molecular weight is 456 g/mol. The number of amides is 1. The van der Waals surface area contributed by atoms with Crippen LogP contribution in [0.2, 0.25) is 0 Å². The summed E-state index contributed by atoms with van der Waals surface area (Å²) in [4.78, 5) is 12.0. The van der Waals surface area contributed by atoms with Gasteiger partial charge in [-0.15, -0.1) is 0 Å². The third-order valence-corrected chi connectivity index (χ3v) is 4.08. The SMILES string of the molecule is CCCOc1ccc(C(=O)N/N=C\c2cc(Br)cc(Br)c2O)cc1. The molecule has 0 atom stereocenters. The van der Waals surface area contributed by atoms with Crippen molar-refractivity contribution in [2.45, 2.75) is 13.3 Å². The molecule has 0 aliphatic heterocycles. The molecule has 0 heterocycles. The second kappa shape index (κ2) is 8.84. The predicted octanol–water partition coefficient (Wildman–Crippen LogP) is 4.47. The van der Waals surface area contributed by atoms with Crippen molar-refractivity contribution < 1.29 is 14.6 Å². The maximum absolute atomic E-state index is 12.0. The van der Waals surface area contributed by atoms with Gasteiger partial charge >= 0.3 is 0 Å². The minimum atomic E-state index is -0.346. The smallest absolute Gasteiger partial charge is 0.271 e. The number of carbonyl (C=O) groups excluding carboxylic acids is 1. The number of aromatic hydroxyl groups is 1. The van der Waals surface area contributed by atoms with E-state index in [1.54, 1.807) is 36.4 Å². The lowest BCUT2D eigenvalue weighted by Crippen LogP contribution is -2.17. The highest BCUT2D eigenvalue weighted by Crippen LogP contribution is 2.30. The minimum Gasteiger partial charge on any atom is -0.506 e. The third kappa shape index (κ3) is 5.07.